The van der Waals surface area contributed by atoms with E-state index in [1.807, 2.05) is 7.05 Å². The minimum atomic E-state index is -0.269. The summed E-state index contributed by atoms with van der Waals surface area (Å²) < 4.78 is 18.4. The number of nitrogens with zero attached hydrogens (tertiary/aromatic N) is 1. The monoisotopic (exact) mass is 295 g/mol. The summed E-state index contributed by atoms with van der Waals surface area (Å²) in [6.07, 6.45) is 0.133. The molecule has 0 radical (unpaired) electrons. The van der Waals surface area contributed by atoms with Gasteiger partial charge < -0.3 is 15.4 Å². The second-order valence-corrected chi connectivity index (χ2v) is 5.19. The third-order valence-electron chi connectivity index (χ3n) is 3.42. The molecule has 1 amide bonds. The molecule has 21 heavy (non-hydrogen) atoms. The predicted octanol–water partition coefficient (Wildman–Crippen LogP) is 0.362. The molecule has 0 aliphatic carbocycles. The maximum atomic E-state index is 12.8. The lowest BCUT2D eigenvalue weighted by Gasteiger charge is -2.32. The predicted molar refractivity (Wildman–Crippen MR) is 78.4 cm³/mol. The third-order valence-corrected chi connectivity index (χ3v) is 3.42. The molecule has 2 N–H and O–H groups in total. The van der Waals surface area contributed by atoms with Gasteiger partial charge in [-0.05, 0) is 24.7 Å². The van der Waals surface area contributed by atoms with Crippen molar-refractivity contribution in [1.82, 2.24) is 15.5 Å². The smallest absolute Gasteiger partial charge is 0.234 e. The highest BCUT2D eigenvalue weighted by Crippen LogP contribution is 2.05. The Kier molecular flexibility index (Phi) is 6.10. The average molecular weight is 295 g/mol. The van der Waals surface area contributed by atoms with Gasteiger partial charge in [0, 0.05) is 26.2 Å². The number of amides is 1. The topological polar surface area (TPSA) is 53.6 Å². The molecular weight excluding hydrogens is 273 g/mol. The van der Waals surface area contributed by atoms with E-state index in [1.165, 1.54) is 12.1 Å². The molecule has 1 aliphatic heterocycles. The second-order valence-electron chi connectivity index (χ2n) is 5.19. The van der Waals surface area contributed by atoms with Crippen molar-refractivity contribution in [1.29, 1.82) is 0 Å². The molecule has 0 aromatic heterocycles. The molecule has 0 spiro atoms. The van der Waals surface area contributed by atoms with Crippen molar-refractivity contribution in [3.8, 4) is 0 Å². The van der Waals surface area contributed by atoms with Crippen molar-refractivity contribution in [3.63, 3.8) is 0 Å². The van der Waals surface area contributed by atoms with Crippen LogP contribution in [0.1, 0.15) is 5.56 Å². The van der Waals surface area contributed by atoms with Gasteiger partial charge in [-0.15, -0.1) is 0 Å². The highest BCUT2D eigenvalue weighted by molar-refractivity contribution is 5.78. The van der Waals surface area contributed by atoms with Crippen molar-refractivity contribution < 1.29 is 13.9 Å². The van der Waals surface area contributed by atoms with Crippen LogP contribution in [0.5, 0.6) is 0 Å². The number of likely N-dealkylation sites (N-methyl/N-ethyl adjacent to an activating group) is 1. The van der Waals surface area contributed by atoms with Crippen LogP contribution in [0.4, 0.5) is 4.39 Å². The largest absolute Gasteiger partial charge is 0.374 e. The summed E-state index contributed by atoms with van der Waals surface area (Å²) in [7, 11) is 1.89. The molecule has 1 heterocycles. The van der Waals surface area contributed by atoms with E-state index in [9.17, 15) is 9.18 Å². The first-order valence-corrected chi connectivity index (χ1v) is 7.17. The minimum absolute atomic E-state index is 0.0237. The molecule has 1 fully saturated rings. The van der Waals surface area contributed by atoms with Crippen LogP contribution in [-0.4, -0.2) is 56.7 Å². The molecule has 0 saturated carbocycles. The summed E-state index contributed by atoms with van der Waals surface area (Å²) in [4.78, 5) is 14.0. The standard InChI is InChI=1S/C15H22FN3O2/c1-17-9-14-10-19(6-7-21-14)11-15(20)18-8-12-2-4-13(16)5-3-12/h2-5,14,17H,6-11H2,1H3,(H,18,20). The fourth-order valence-corrected chi connectivity index (χ4v) is 2.34. The summed E-state index contributed by atoms with van der Waals surface area (Å²) in [6, 6.07) is 6.14. The number of benzene rings is 1. The summed E-state index contributed by atoms with van der Waals surface area (Å²) in [5.74, 6) is -0.293. The fourth-order valence-electron chi connectivity index (χ4n) is 2.34. The van der Waals surface area contributed by atoms with Crippen molar-refractivity contribution in [3.05, 3.63) is 35.6 Å². The van der Waals surface area contributed by atoms with Crippen molar-refractivity contribution in [2.75, 3.05) is 39.8 Å². The van der Waals surface area contributed by atoms with Crippen LogP contribution in [0.2, 0.25) is 0 Å². The second kappa shape index (κ2) is 8.07. The van der Waals surface area contributed by atoms with Crippen LogP contribution < -0.4 is 10.6 Å². The van der Waals surface area contributed by atoms with Gasteiger partial charge in [-0.2, -0.15) is 0 Å². The Bertz CT molecular complexity index is 451. The zero-order valence-corrected chi connectivity index (χ0v) is 12.3. The molecule has 1 aromatic carbocycles. The van der Waals surface area contributed by atoms with Gasteiger partial charge >= 0.3 is 0 Å². The van der Waals surface area contributed by atoms with Crippen LogP contribution in [0.15, 0.2) is 24.3 Å². The van der Waals surface area contributed by atoms with E-state index >= 15 is 0 Å². The molecule has 2 rings (SSSR count). The Morgan fingerprint density at radius 2 is 2.19 bits per heavy atom. The zero-order chi connectivity index (χ0) is 15.1. The van der Waals surface area contributed by atoms with Crippen molar-refractivity contribution in [2.24, 2.45) is 0 Å². The van der Waals surface area contributed by atoms with E-state index in [0.717, 1.165) is 25.2 Å². The first-order chi connectivity index (χ1) is 10.2. The summed E-state index contributed by atoms with van der Waals surface area (Å²) in [5, 5.41) is 5.93. The molecule has 1 saturated heterocycles. The van der Waals surface area contributed by atoms with Gasteiger partial charge in [0.25, 0.3) is 0 Å². The number of hydrogen-bond acceptors (Lipinski definition) is 4. The van der Waals surface area contributed by atoms with Gasteiger partial charge in [-0.25, -0.2) is 4.39 Å². The Hall–Kier alpha value is -1.50. The number of ether oxygens (including phenoxy) is 1. The first kappa shape index (κ1) is 15.9. The number of hydrogen-bond donors (Lipinski definition) is 2. The molecule has 1 unspecified atom stereocenters. The van der Waals surface area contributed by atoms with E-state index in [-0.39, 0.29) is 17.8 Å². The SMILES string of the molecule is CNCC1CN(CC(=O)NCc2ccc(F)cc2)CCO1. The van der Waals surface area contributed by atoms with Crippen molar-refractivity contribution in [2.45, 2.75) is 12.6 Å². The van der Waals surface area contributed by atoms with E-state index in [1.54, 1.807) is 12.1 Å². The molecule has 0 bridgehead atoms. The van der Waals surface area contributed by atoms with E-state index in [2.05, 4.69) is 15.5 Å². The van der Waals surface area contributed by atoms with Crippen LogP contribution in [0, 0.1) is 5.82 Å². The first-order valence-electron chi connectivity index (χ1n) is 7.17. The van der Waals surface area contributed by atoms with Gasteiger partial charge in [-0.1, -0.05) is 12.1 Å². The quantitative estimate of drug-likeness (QED) is 0.796. The molecule has 1 aromatic rings. The molecule has 1 aliphatic rings. The van der Waals surface area contributed by atoms with Crippen LogP contribution in [0.25, 0.3) is 0 Å². The fraction of sp³-hybridized carbons (Fsp3) is 0.533. The lowest BCUT2D eigenvalue weighted by atomic mass is 10.2. The minimum Gasteiger partial charge on any atom is -0.374 e. The van der Waals surface area contributed by atoms with Gasteiger partial charge in [0.15, 0.2) is 0 Å². The normalized spacial score (nSPS) is 19.4. The maximum absolute atomic E-state index is 12.8. The van der Waals surface area contributed by atoms with Gasteiger partial charge in [0.2, 0.25) is 5.91 Å². The molecule has 116 valence electrons. The number of carbonyl (C=O) groups is 1. The van der Waals surface area contributed by atoms with Crippen LogP contribution in [0.3, 0.4) is 0 Å². The Morgan fingerprint density at radius 1 is 1.43 bits per heavy atom. The van der Waals surface area contributed by atoms with Gasteiger partial charge in [0.05, 0.1) is 19.3 Å². The van der Waals surface area contributed by atoms with E-state index in [4.69, 9.17) is 4.74 Å². The van der Waals surface area contributed by atoms with Gasteiger partial charge in [0.1, 0.15) is 5.82 Å². The molecular formula is C15H22FN3O2. The van der Waals surface area contributed by atoms with E-state index < -0.39 is 0 Å². The summed E-state index contributed by atoms with van der Waals surface area (Å²) in [5.41, 5.74) is 0.889. The number of rotatable bonds is 6. The molecule has 6 heteroatoms. The zero-order valence-electron chi connectivity index (χ0n) is 12.3. The Morgan fingerprint density at radius 3 is 2.90 bits per heavy atom. The van der Waals surface area contributed by atoms with Crippen molar-refractivity contribution >= 4 is 5.91 Å². The van der Waals surface area contributed by atoms with E-state index in [0.29, 0.717) is 19.7 Å². The molecule has 5 nitrogen and oxygen atoms in total. The van der Waals surface area contributed by atoms with Crippen LogP contribution in [-0.2, 0) is 16.1 Å². The average Bonchev–Trinajstić information content (AvgIpc) is 2.47. The lowest BCUT2D eigenvalue weighted by Crippen LogP contribution is -2.49. The number of morpholine rings is 1. The summed E-state index contributed by atoms with van der Waals surface area (Å²) >= 11 is 0. The number of nitrogens with one attached hydrogen (secondary N) is 2. The summed E-state index contributed by atoms with van der Waals surface area (Å²) in [6.45, 7) is 3.74. The van der Waals surface area contributed by atoms with Gasteiger partial charge in [-0.3, -0.25) is 9.69 Å². The maximum Gasteiger partial charge on any atom is 0.234 e. The Balaban J connectivity index is 1.72. The lowest BCUT2D eigenvalue weighted by molar-refractivity contribution is -0.124. The third kappa shape index (κ3) is 5.41. The highest BCUT2D eigenvalue weighted by atomic mass is 19.1. The Labute approximate surface area is 124 Å². The number of carbonyl (C=O) groups excluding carboxylic acids is 1. The highest BCUT2D eigenvalue weighted by Gasteiger charge is 2.21. The van der Waals surface area contributed by atoms with Crippen LogP contribution >= 0.6 is 0 Å². The molecule has 1 atom stereocenters. The number of halogens is 1.